The van der Waals surface area contributed by atoms with Crippen molar-refractivity contribution >= 4 is 31.9 Å². The van der Waals surface area contributed by atoms with Crippen LogP contribution in [0, 0.1) is 0 Å². The van der Waals surface area contributed by atoms with E-state index in [0.717, 1.165) is 5.56 Å². The van der Waals surface area contributed by atoms with Crippen molar-refractivity contribution in [2.75, 3.05) is 7.11 Å². The molecule has 0 bridgehead atoms. The Morgan fingerprint density at radius 2 is 1.94 bits per heavy atom. The molecular weight excluding hydrogens is 322 g/mol. The van der Waals surface area contributed by atoms with Crippen molar-refractivity contribution in [2.24, 2.45) is 0 Å². The molecule has 18 heavy (non-hydrogen) atoms. The van der Waals surface area contributed by atoms with Crippen LogP contribution in [-0.4, -0.2) is 27.5 Å². The van der Waals surface area contributed by atoms with Gasteiger partial charge in [-0.2, -0.15) is 4.72 Å². The standard InChI is InChI=1S/C11H14BrNO4S/c1-8(11(14)17-2)13-18(15,16)10-5-3-9(7-12)4-6-10/h3-6,8,13H,7H2,1-2H3. The SMILES string of the molecule is COC(=O)C(C)NS(=O)(=O)c1ccc(CBr)cc1. The third kappa shape index (κ3) is 3.79. The number of halogens is 1. The van der Waals surface area contributed by atoms with Crippen molar-refractivity contribution in [3.8, 4) is 0 Å². The molecule has 1 unspecified atom stereocenters. The Kier molecular flexibility index (Phi) is 5.30. The quantitative estimate of drug-likeness (QED) is 0.652. The fourth-order valence-electron chi connectivity index (χ4n) is 1.28. The first kappa shape index (κ1) is 15.1. The van der Waals surface area contributed by atoms with Crippen molar-refractivity contribution < 1.29 is 17.9 Å². The van der Waals surface area contributed by atoms with Crippen LogP contribution in [0.25, 0.3) is 0 Å². The summed E-state index contributed by atoms with van der Waals surface area (Å²) in [5.74, 6) is -0.629. The van der Waals surface area contributed by atoms with E-state index in [1.54, 1.807) is 12.1 Å². The number of carbonyl (C=O) groups excluding carboxylic acids is 1. The third-order valence-electron chi connectivity index (χ3n) is 2.27. The van der Waals surface area contributed by atoms with Gasteiger partial charge in [0.25, 0.3) is 0 Å². The minimum absolute atomic E-state index is 0.114. The van der Waals surface area contributed by atoms with Crippen molar-refractivity contribution in [3.05, 3.63) is 29.8 Å². The van der Waals surface area contributed by atoms with Crippen LogP contribution in [0.5, 0.6) is 0 Å². The number of rotatable bonds is 5. The van der Waals surface area contributed by atoms with Gasteiger partial charge in [-0.15, -0.1) is 0 Å². The van der Waals surface area contributed by atoms with Gasteiger partial charge in [0, 0.05) is 5.33 Å². The van der Waals surface area contributed by atoms with Gasteiger partial charge < -0.3 is 4.74 Å². The van der Waals surface area contributed by atoms with E-state index in [0.29, 0.717) is 5.33 Å². The first-order valence-corrected chi connectivity index (χ1v) is 7.76. The van der Waals surface area contributed by atoms with Gasteiger partial charge in [0.15, 0.2) is 0 Å². The lowest BCUT2D eigenvalue weighted by atomic mass is 10.2. The summed E-state index contributed by atoms with van der Waals surface area (Å²) in [6.07, 6.45) is 0. The van der Waals surface area contributed by atoms with E-state index in [4.69, 9.17) is 0 Å². The van der Waals surface area contributed by atoms with E-state index in [2.05, 4.69) is 25.4 Å². The van der Waals surface area contributed by atoms with E-state index in [1.807, 2.05) is 0 Å². The van der Waals surface area contributed by atoms with Gasteiger partial charge in [-0.1, -0.05) is 28.1 Å². The van der Waals surface area contributed by atoms with Gasteiger partial charge in [-0.25, -0.2) is 8.42 Å². The van der Waals surface area contributed by atoms with Gasteiger partial charge >= 0.3 is 5.97 Å². The Labute approximate surface area is 115 Å². The zero-order valence-corrected chi connectivity index (χ0v) is 12.4. The van der Waals surface area contributed by atoms with E-state index >= 15 is 0 Å². The molecule has 5 nitrogen and oxygen atoms in total. The second-order valence-electron chi connectivity index (χ2n) is 3.64. The van der Waals surface area contributed by atoms with E-state index < -0.39 is 22.0 Å². The van der Waals surface area contributed by atoms with Crippen LogP contribution in [0.4, 0.5) is 0 Å². The molecule has 0 aliphatic carbocycles. The molecule has 0 aliphatic heterocycles. The van der Waals surface area contributed by atoms with Gasteiger partial charge in [0.1, 0.15) is 6.04 Å². The van der Waals surface area contributed by atoms with Crippen molar-refractivity contribution in [2.45, 2.75) is 23.2 Å². The molecule has 0 spiro atoms. The molecule has 0 saturated heterocycles. The number of esters is 1. The van der Waals surface area contributed by atoms with Crippen LogP contribution in [0.3, 0.4) is 0 Å². The third-order valence-corrected chi connectivity index (χ3v) is 4.48. The summed E-state index contributed by atoms with van der Waals surface area (Å²) in [7, 11) is -2.50. The second-order valence-corrected chi connectivity index (χ2v) is 5.92. The van der Waals surface area contributed by atoms with Crippen LogP contribution in [0.2, 0.25) is 0 Å². The Morgan fingerprint density at radius 3 is 2.39 bits per heavy atom. The molecule has 0 fully saturated rings. The Bertz CT molecular complexity index is 512. The number of benzene rings is 1. The highest BCUT2D eigenvalue weighted by molar-refractivity contribution is 9.08. The zero-order valence-electron chi connectivity index (χ0n) is 10.0. The molecule has 0 heterocycles. The topological polar surface area (TPSA) is 72.5 Å². The fraction of sp³-hybridized carbons (Fsp3) is 0.364. The summed E-state index contributed by atoms with van der Waals surface area (Å²) in [4.78, 5) is 11.3. The lowest BCUT2D eigenvalue weighted by molar-refractivity contribution is -0.142. The summed E-state index contributed by atoms with van der Waals surface area (Å²) in [6.45, 7) is 1.43. The summed E-state index contributed by atoms with van der Waals surface area (Å²) < 4.78 is 30.6. The molecule has 0 saturated carbocycles. The molecule has 1 aromatic rings. The lowest BCUT2D eigenvalue weighted by Crippen LogP contribution is -2.39. The van der Waals surface area contributed by atoms with Crippen LogP contribution in [-0.2, 0) is 24.9 Å². The average Bonchev–Trinajstić information content (AvgIpc) is 2.37. The zero-order chi connectivity index (χ0) is 13.8. The number of methoxy groups -OCH3 is 1. The van der Waals surface area contributed by atoms with Gasteiger partial charge in [0.05, 0.1) is 12.0 Å². The monoisotopic (exact) mass is 335 g/mol. The number of carbonyl (C=O) groups is 1. The normalized spacial score (nSPS) is 13.1. The Hall–Kier alpha value is -0.920. The molecule has 7 heteroatoms. The number of hydrogen-bond donors (Lipinski definition) is 1. The highest BCUT2D eigenvalue weighted by Crippen LogP contribution is 2.13. The molecule has 1 aromatic carbocycles. The van der Waals surface area contributed by atoms with E-state index in [1.165, 1.54) is 26.2 Å². The molecule has 0 radical (unpaired) electrons. The van der Waals surface area contributed by atoms with Crippen LogP contribution in [0.15, 0.2) is 29.2 Å². The average molecular weight is 336 g/mol. The van der Waals surface area contributed by atoms with E-state index in [9.17, 15) is 13.2 Å². The number of hydrogen-bond acceptors (Lipinski definition) is 4. The summed E-state index contributed by atoms with van der Waals surface area (Å²) in [5.41, 5.74) is 0.968. The number of ether oxygens (including phenoxy) is 1. The largest absolute Gasteiger partial charge is 0.468 e. The predicted molar refractivity (Wildman–Crippen MR) is 70.9 cm³/mol. The maximum Gasteiger partial charge on any atom is 0.323 e. The first-order chi connectivity index (χ1) is 8.40. The number of alkyl halides is 1. The molecule has 0 aromatic heterocycles. The molecule has 1 N–H and O–H groups in total. The maximum atomic E-state index is 11.9. The van der Waals surface area contributed by atoms with Crippen LogP contribution >= 0.6 is 15.9 Å². The lowest BCUT2D eigenvalue weighted by Gasteiger charge is -2.12. The van der Waals surface area contributed by atoms with Gasteiger partial charge in [0.2, 0.25) is 10.0 Å². The Balaban J connectivity index is 2.89. The summed E-state index contributed by atoms with van der Waals surface area (Å²) >= 11 is 3.27. The second kappa shape index (κ2) is 6.31. The molecular formula is C11H14BrNO4S. The number of sulfonamides is 1. The first-order valence-electron chi connectivity index (χ1n) is 5.15. The smallest absolute Gasteiger partial charge is 0.323 e. The van der Waals surface area contributed by atoms with Crippen LogP contribution in [0.1, 0.15) is 12.5 Å². The van der Waals surface area contributed by atoms with Crippen molar-refractivity contribution in [1.29, 1.82) is 0 Å². The summed E-state index contributed by atoms with van der Waals surface area (Å²) in [6, 6.07) is 5.46. The summed E-state index contributed by atoms with van der Waals surface area (Å²) in [5, 5.41) is 0.652. The van der Waals surface area contributed by atoms with Crippen LogP contribution < -0.4 is 4.72 Å². The van der Waals surface area contributed by atoms with Gasteiger partial charge in [-0.3, -0.25) is 4.79 Å². The molecule has 0 aliphatic rings. The molecule has 100 valence electrons. The molecule has 1 atom stereocenters. The highest BCUT2D eigenvalue weighted by atomic mass is 79.9. The molecule has 0 amide bonds. The van der Waals surface area contributed by atoms with Crippen molar-refractivity contribution in [1.82, 2.24) is 4.72 Å². The fourth-order valence-corrected chi connectivity index (χ4v) is 2.85. The number of nitrogens with one attached hydrogen (secondary N) is 1. The molecule has 1 rings (SSSR count). The predicted octanol–water partition coefficient (Wildman–Crippen LogP) is 1.42. The highest BCUT2D eigenvalue weighted by Gasteiger charge is 2.22. The van der Waals surface area contributed by atoms with E-state index in [-0.39, 0.29) is 4.90 Å². The minimum atomic E-state index is -3.71. The minimum Gasteiger partial charge on any atom is -0.468 e. The van der Waals surface area contributed by atoms with Crippen molar-refractivity contribution in [3.63, 3.8) is 0 Å². The van der Waals surface area contributed by atoms with Gasteiger partial charge in [-0.05, 0) is 24.6 Å². The maximum absolute atomic E-state index is 11.9. The Morgan fingerprint density at radius 1 is 1.39 bits per heavy atom.